The zero-order valence-electron chi connectivity index (χ0n) is 16.2. The minimum absolute atomic E-state index is 0.0981. The molecule has 28 heavy (non-hydrogen) atoms. The van der Waals surface area contributed by atoms with Crippen LogP contribution in [0.3, 0.4) is 0 Å². The standard InChI is InChI=1S/C22H25N3O3/c1-24(2)22(28)18-4-3-5-19(14-18)23-21(27)15-25-12-10-17(11-13-25)16-6-8-20(26)9-7-16/h3-10,14,26H,11-13,15H2,1-2H3,(H,23,27). The molecule has 0 fully saturated rings. The van der Waals surface area contributed by atoms with Crippen molar-refractivity contribution in [3.63, 3.8) is 0 Å². The van der Waals surface area contributed by atoms with Crippen molar-refractivity contribution < 1.29 is 14.7 Å². The number of benzene rings is 2. The van der Waals surface area contributed by atoms with Crippen LogP contribution >= 0.6 is 0 Å². The van der Waals surface area contributed by atoms with E-state index in [1.165, 1.54) is 10.5 Å². The Bertz CT molecular complexity index is 888. The van der Waals surface area contributed by atoms with E-state index < -0.39 is 0 Å². The van der Waals surface area contributed by atoms with Crippen LogP contribution in [0.5, 0.6) is 5.75 Å². The SMILES string of the molecule is CN(C)C(=O)c1cccc(NC(=O)CN2CC=C(c3ccc(O)cc3)CC2)c1. The molecule has 2 amide bonds. The molecule has 2 aromatic rings. The molecule has 1 aliphatic rings. The molecule has 0 saturated carbocycles. The Morgan fingerprint density at radius 3 is 2.54 bits per heavy atom. The van der Waals surface area contributed by atoms with Gasteiger partial charge in [-0.05, 0) is 47.9 Å². The van der Waals surface area contributed by atoms with Crippen LogP contribution in [0.25, 0.3) is 5.57 Å². The fraction of sp³-hybridized carbons (Fsp3) is 0.273. The molecule has 1 heterocycles. The van der Waals surface area contributed by atoms with Gasteiger partial charge in [0.1, 0.15) is 5.75 Å². The Morgan fingerprint density at radius 2 is 1.89 bits per heavy atom. The number of phenolic OH excluding ortho intramolecular Hbond substituents is 1. The lowest BCUT2D eigenvalue weighted by Crippen LogP contribution is -2.36. The average Bonchev–Trinajstić information content (AvgIpc) is 2.68. The Balaban J connectivity index is 1.55. The second-order valence-electron chi connectivity index (χ2n) is 7.09. The molecule has 0 aliphatic carbocycles. The Hall–Kier alpha value is -3.12. The first-order valence-corrected chi connectivity index (χ1v) is 9.25. The number of hydrogen-bond donors (Lipinski definition) is 2. The highest BCUT2D eigenvalue weighted by Gasteiger charge is 2.16. The van der Waals surface area contributed by atoms with Crippen LogP contribution in [0.2, 0.25) is 0 Å². The molecular formula is C22H25N3O3. The fourth-order valence-electron chi connectivity index (χ4n) is 3.18. The van der Waals surface area contributed by atoms with Gasteiger partial charge in [0.2, 0.25) is 5.91 Å². The first kappa shape index (κ1) is 19.6. The number of phenols is 1. The zero-order valence-corrected chi connectivity index (χ0v) is 16.2. The maximum atomic E-state index is 12.4. The quantitative estimate of drug-likeness (QED) is 0.838. The third kappa shape index (κ3) is 4.98. The molecule has 0 spiro atoms. The number of aromatic hydroxyl groups is 1. The van der Waals surface area contributed by atoms with E-state index in [9.17, 15) is 14.7 Å². The average molecular weight is 379 g/mol. The van der Waals surface area contributed by atoms with E-state index in [0.717, 1.165) is 18.5 Å². The minimum Gasteiger partial charge on any atom is -0.508 e. The largest absolute Gasteiger partial charge is 0.508 e. The highest BCUT2D eigenvalue weighted by Crippen LogP contribution is 2.24. The fourth-order valence-corrected chi connectivity index (χ4v) is 3.18. The van der Waals surface area contributed by atoms with Crippen LogP contribution in [0.1, 0.15) is 22.3 Å². The molecule has 6 nitrogen and oxygen atoms in total. The van der Waals surface area contributed by atoms with Crippen molar-refractivity contribution >= 4 is 23.1 Å². The molecule has 146 valence electrons. The number of nitrogens with zero attached hydrogens (tertiary/aromatic N) is 2. The van der Waals surface area contributed by atoms with Crippen LogP contribution in [0.4, 0.5) is 5.69 Å². The number of amides is 2. The Kier molecular flexibility index (Phi) is 6.11. The van der Waals surface area contributed by atoms with E-state index in [-0.39, 0.29) is 17.6 Å². The van der Waals surface area contributed by atoms with Crippen LogP contribution in [-0.4, -0.2) is 60.5 Å². The first-order chi connectivity index (χ1) is 13.4. The predicted octanol–water partition coefficient (Wildman–Crippen LogP) is 2.82. The van der Waals surface area contributed by atoms with Gasteiger partial charge in [0, 0.05) is 38.4 Å². The Labute approximate surface area is 165 Å². The summed E-state index contributed by atoms with van der Waals surface area (Å²) in [4.78, 5) is 28.0. The third-order valence-electron chi connectivity index (χ3n) is 4.70. The highest BCUT2D eigenvalue weighted by atomic mass is 16.3. The smallest absolute Gasteiger partial charge is 0.253 e. The monoisotopic (exact) mass is 379 g/mol. The van der Waals surface area contributed by atoms with Gasteiger partial charge in [-0.3, -0.25) is 14.5 Å². The van der Waals surface area contributed by atoms with Gasteiger partial charge < -0.3 is 15.3 Å². The van der Waals surface area contributed by atoms with Crippen LogP contribution in [0.15, 0.2) is 54.6 Å². The third-order valence-corrected chi connectivity index (χ3v) is 4.70. The van der Waals surface area contributed by atoms with Crippen LogP contribution < -0.4 is 5.32 Å². The normalized spacial score (nSPS) is 14.3. The number of carbonyl (C=O) groups excluding carboxylic acids is 2. The summed E-state index contributed by atoms with van der Waals surface area (Å²) in [5.74, 6) is 0.0600. The maximum absolute atomic E-state index is 12.4. The molecule has 0 atom stereocenters. The molecule has 0 saturated heterocycles. The van der Waals surface area contributed by atoms with E-state index in [2.05, 4.69) is 16.3 Å². The summed E-state index contributed by atoms with van der Waals surface area (Å²) in [7, 11) is 3.40. The summed E-state index contributed by atoms with van der Waals surface area (Å²) < 4.78 is 0. The molecule has 0 aromatic heterocycles. The highest BCUT2D eigenvalue weighted by molar-refractivity contribution is 5.97. The van der Waals surface area contributed by atoms with E-state index in [4.69, 9.17) is 0 Å². The lowest BCUT2D eigenvalue weighted by Gasteiger charge is -2.26. The zero-order chi connectivity index (χ0) is 20.1. The van der Waals surface area contributed by atoms with Crippen LogP contribution in [0, 0.1) is 0 Å². The first-order valence-electron chi connectivity index (χ1n) is 9.25. The van der Waals surface area contributed by atoms with E-state index in [0.29, 0.717) is 24.3 Å². The lowest BCUT2D eigenvalue weighted by molar-refractivity contribution is -0.117. The van der Waals surface area contributed by atoms with Crippen molar-refractivity contribution in [2.45, 2.75) is 6.42 Å². The van der Waals surface area contributed by atoms with Gasteiger partial charge in [0.15, 0.2) is 0 Å². The van der Waals surface area contributed by atoms with Crippen LogP contribution in [-0.2, 0) is 4.79 Å². The van der Waals surface area contributed by atoms with Gasteiger partial charge in [-0.2, -0.15) is 0 Å². The van der Waals surface area contributed by atoms with Gasteiger partial charge in [0.05, 0.1) is 6.54 Å². The maximum Gasteiger partial charge on any atom is 0.253 e. The molecule has 6 heteroatoms. The second kappa shape index (κ2) is 8.71. The number of nitrogens with one attached hydrogen (secondary N) is 1. The van der Waals surface area contributed by atoms with Crippen molar-refractivity contribution in [1.82, 2.24) is 9.80 Å². The number of anilines is 1. The summed E-state index contributed by atoms with van der Waals surface area (Å²) in [6, 6.07) is 14.2. The van der Waals surface area contributed by atoms with Gasteiger partial charge in [-0.1, -0.05) is 24.3 Å². The molecule has 0 bridgehead atoms. The Morgan fingerprint density at radius 1 is 1.14 bits per heavy atom. The summed E-state index contributed by atoms with van der Waals surface area (Å²) in [6.45, 7) is 1.79. The van der Waals surface area contributed by atoms with E-state index in [1.807, 2.05) is 12.1 Å². The van der Waals surface area contributed by atoms with Gasteiger partial charge in [-0.15, -0.1) is 0 Å². The van der Waals surface area contributed by atoms with Crippen molar-refractivity contribution in [2.24, 2.45) is 0 Å². The van der Waals surface area contributed by atoms with Crippen molar-refractivity contribution in [3.05, 3.63) is 65.7 Å². The molecule has 0 radical (unpaired) electrons. The number of carbonyl (C=O) groups is 2. The molecular weight excluding hydrogens is 354 g/mol. The van der Waals surface area contributed by atoms with Crippen molar-refractivity contribution in [2.75, 3.05) is 39.0 Å². The second-order valence-corrected chi connectivity index (χ2v) is 7.09. The summed E-state index contributed by atoms with van der Waals surface area (Å²) in [5.41, 5.74) is 3.49. The molecule has 1 aliphatic heterocycles. The summed E-state index contributed by atoms with van der Waals surface area (Å²) in [6.07, 6.45) is 2.98. The van der Waals surface area contributed by atoms with E-state index in [1.54, 1.807) is 50.5 Å². The van der Waals surface area contributed by atoms with Gasteiger partial charge in [0.25, 0.3) is 5.91 Å². The van der Waals surface area contributed by atoms with Crippen molar-refractivity contribution in [1.29, 1.82) is 0 Å². The minimum atomic E-state index is -0.101. The molecule has 0 unspecified atom stereocenters. The predicted molar refractivity (Wildman–Crippen MR) is 110 cm³/mol. The van der Waals surface area contributed by atoms with E-state index >= 15 is 0 Å². The number of rotatable bonds is 5. The molecule has 2 aromatic carbocycles. The molecule has 2 N–H and O–H groups in total. The van der Waals surface area contributed by atoms with Gasteiger partial charge in [-0.25, -0.2) is 0 Å². The summed E-state index contributed by atoms with van der Waals surface area (Å²) in [5, 5.41) is 12.3. The lowest BCUT2D eigenvalue weighted by atomic mass is 9.99. The van der Waals surface area contributed by atoms with Gasteiger partial charge >= 0.3 is 0 Å². The molecule has 3 rings (SSSR count). The van der Waals surface area contributed by atoms with Crippen molar-refractivity contribution in [3.8, 4) is 5.75 Å². The topological polar surface area (TPSA) is 72.9 Å². The number of hydrogen-bond acceptors (Lipinski definition) is 4. The summed E-state index contributed by atoms with van der Waals surface area (Å²) >= 11 is 0.